The number of carbonyl (C=O) groups is 1. The minimum atomic E-state index is -0.779. The molecule has 25 heavy (non-hydrogen) atoms. The summed E-state index contributed by atoms with van der Waals surface area (Å²) in [5.41, 5.74) is 1.48. The van der Waals surface area contributed by atoms with Crippen molar-refractivity contribution in [3.8, 4) is 11.3 Å². The lowest BCUT2D eigenvalue weighted by molar-refractivity contribution is 0.0274. The molecule has 0 aliphatic rings. The fourth-order valence-electron chi connectivity index (χ4n) is 1.96. The number of ether oxygens (including phenoxy) is 1. The number of nitrogens with one attached hydrogen (secondary N) is 2. The fourth-order valence-corrected chi connectivity index (χ4v) is 1.96. The molecular formula is C17H23N5O3. The molecule has 1 aromatic carbocycles. The molecule has 0 aliphatic heterocycles. The Kier molecular flexibility index (Phi) is 7.24. The maximum atomic E-state index is 11.9. The van der Waals surface area contributed by atoms with Crippen LogP contribution in [-0.2, 0) is 4.74 Å². The number of urea groups is 1. The first-order chi connectivity index (χ1) is 12.0. The summed E-state index contributed by atoms with van der Waals surface area (Å²) < 4.78 is 5.32. The van der Waals surface area contributed by atoms with Gasteiger partial charge in [-0.1, -0.05) is 44.2 Å². The van der Waals surface area contributed by atoms with Gasteiger partial charge in [-0.25, -0.2) is 9.78 Å². The van der Waals surface area contributed by atoms with Gasteiger partial charge >= 0.3 is 6.03 Å². The van der Waals surface area contributed by atoms with Crippen LogP contribution >= 0.6 is 0 Å². The van der Waals surface area contributed by atoms with E-state index in [4.69, 9.17) is 4.74 Å². The van der Waals surface area contributed by atoms with E-state index in [2.05, 4.69) is 25.8 Å². The molecule has 3 N–H and O–H groups in total. The Morgan fingerprint density at radius 1 is 1.24 bits per heavy atom. The van der Waals surface area contributed by atoms with E-state index >= 15 is 0 Å². The highest BCUT2D eigenvalue weighted by molar-refractivity contribution is 5.87. The molecule has 0 bridgehead atoms. The first kappa shape index (κ1) is 18.8. The lowest BCUT2D eigenvalue weighted by Gasteiger charge is -2.13. The number of benzene rings is 1. The Labute approximate surface area is 146 Å². The Bertz CT molecular complexity index is 666. The van der Waals surface area contributed by atoms with Crippen LogP contribution in [0.25, 0.3) is 11.3 Å². The number of anilines is 1. The van der Waals surface area contributed by atoms with Gasteiger partial charge in [0.1, 0.15) is 0 Å². The van der Waals surface area contributed by atoms with E-state index in [0.29, 0.717) is 18.2 Å². The zero-order valence-electron chi connectivity index (χ0n) is 14.3. The van der Waals surface area contributed by atoms with Gasteiger partial charge in [-0.2, -0.15) is 5.10 Å². The van der Waals surface area contributed by atoms with Crippen LogP contribution in [0, 0.1) is 5.92 Å². The normalized spacial score (nSPS) is 12.0. The maximum absolute atomic E-state index is 11.9. The largest absolute Gasteiger partial charge is 0.389 e. The molecule has 2 rings (SSSR count). The summed E-state index contributed by atoms with van der Waals surface area (Å²) in [6.07, 6.45) is 0.744. The molecule has 0 fully saturated rings. The van der Waals surface area contributed by atoms with E-state index in [1.807, 2.05) is 44.2 Å². The van der Waals surface area contributed by atoms with Crippen LogP contribution in [0.1, 0.15) is 13.8 Å². The molecule has 1 aromatic heterocycles. The van der Waals surface area contributed by atoms with Crippen LogP contribution in [0.2, 0.25) is 0 Å². The summed E-state index contributed by atoms with van der Waals surface area (Å²) in [7, 11) is 0. The number of aliphatic hydroxyl groups is 1. The molecule has 0 spiro atoms. The Morgan fingerprint density at radius 3 is 2.72 bits per heavy atom. The van der Waals surface area contributed by atoms with Gasteiger partial charge in [0, 0.05) is 18.7 Å². The smallest absolute Gasteiger partial charge is 0.321 e. The SMILES string of the molecule is CC(C)COC[C@@H](O)CNC(=O)Nc1nncc(-c2ccccc2)n1. The zero-order chi connectivity index (χ0) is 18.1. The lowest BCUT2D eigenvalue weighted by atomic mass is 10.2. The van der Waals surface area contributed by atoms with Crippen molar-refractivity contribution in [2.45, 2.75) is 20.0 Å². The van der Waals surface area contributed by atoms with Gasteiger partial charge in [-0.05, 0) is 5.92 Å². The minimum absolute atomic E-state index is 0.0652. The van der Waals surface area contributed by atoms with Crippen LogP contribution in [0.15, 0.2) is 36.5 Å². The van der Waals surface area contributed by atoms with Crippen molar-refractivity contribution < 1.29 is 14.6 Å². The summed E-state index contributed by atoms with van der Waals surface area (Å²) in [5.74, 6) is 0.481. The summed E-state index contributed by atoms with van der Waals surface area (Å²) in [6, 6.07) is 8.94. The molecule has 8 heteroatoms. The van der Waals surface area contributed by atoms with Crippen molar-refractivity contribution in [2.75, 3.05) is 25.1 Å². The molecule has 8 nitrogen and oxygen atoms in total. The molecule has 1 heterocycles. The molecule has 2 aromatic rings. The maximum Gasteiger partial charge on any atom is 0.321 e. The Morgan fingerprint density at radius 2 is 2.00 bits per heavy atom. The van der Waals surface area contributed by atoms with Gasteiger partial charge in [0.2, 0.25) is 0 Å². The topological polar surface area (TPSA) is 109 Å². The van der Waals surface area contributed by atoms with Crippen molar-refractivity contribution >= 4 is 12.0 Å². The number of hydrogen-bond acceptors (Lipinski definition) is 6. The van der Waals surface area contributed by atoms with E-state index in [-0.39, 0.29) is 19.1 Å². The molecule has 0 saturated heterocycles. The van der Waals surface area contributed by atoms with Crippen molar-refractivity contribution in [3.05, 3.63) is 36.5 Å². The van der Waals surface area contributed by atoms with Gasteiger partial charge in [0.25, 0.3) is 5.95 Å². The van der Waals surface area contributed by atoms with Crippen LogP contribution in [0.4, 0.5) is 10.7 Å². The second-order valence-electron chi connectivity index (χ2n) is 5.95. The van der Waals surface area contributed by atoms with Gasteiger partial charge < -0.3 is 15.2 Å². The molecule has 134 valence electrons. The van der Waals surface area contributed by atoms with E-state index in [9.17, 15) is 9.90 Å². The van der Waals surface area contributed by atoms with E-state index < -0.39 is 12.1 Å². The standard InChI is InChI=1S/C17H23N5O3/c1-12(2)10-25-11-14(23)8-18-17(24)21-16-20-15(9-19-22-16)13-6-4-3-5-7-13/h3-7,9,12,14,23H,8,10-11H2,1-2H3,(H2,18,20,21,22,24)/t14-/m0/s1. The predicted molar refractivity (Wildman–Crippen MR) is 93.9 cm³/mol. The number of rotatable bonds is 8. The molecule has 0 radical (unpaired) electrons. The van der Waals surface area contributed by atoms with Gasteiger partial charge in [-0.15, -0.1) is 5.10 Å². The van der Waals surface area contributed by atoms with Crippen LogP contribution < -0.4 is 10.6 Å². The number of aromatic nitrogens is 3. The Hall–Kier alpha value is -2.58. The van der Waals surface area contributed by atoms with Crippen molar-refractivity contribution in [1.29, 1.82) is 0 Å². The Balaban J connectivity index is 1.81. The number of carbonyl (C=O) groups excluding carboxylic acids is 1. The fraction of sp³-hybridized carbons (Fsp3) is 0.412. The molecule has 0 aliphatic carbocycles. The molecule has 0 saturated carbocycles. The van der Waals surface area contributed by atoms with Gasteiger partial charge in [0.05, 0.1) is 24.6 Å². The van der Waals surface area contributed by atoms with Crippen molar-refractivity contribution in [2.24, 2.45) is 5.92 Å². The van der Waals surface area contributed by atoms with Crippen LogP contribution in [0.3, 0.4) is 0 Å². The summed E-state index contributed by atoms with van der Waals surface area (Å²) >= 11 is 0. The number of aliphatic hydroxyl groups excluding tert-OH is 1. The third kappa shape index (κ3) is 6.82. The van der Waals surface area contributed by atoms with Crippen LogP contribution in [-0.4, -0.2) is 52.2 Å². The van der Waals surface area contributed by atoms with Gasteiger partial charge in [0.15, 0.2) is 0 Å². The first-order valence-electron chi connectivity index (χ1n) is 8.10. The van der Waals surface area contributed by atoms with Crippen molar-refractivity contribution in [3.63, 3.8) is 0 Å². The quantitative estimate of drug-likeness (QED) is 0.672. The first-order valence-corrected chi connectivity index (χ1v) is 8.10. The van der Waals surface area contributed by atoms with Crippen molar-refractivity contribution in [1.82, 2.24) is 20.5 Å². The summed E-state index contributed by atoms with van der Waals surface area (Å²) in [6.45, 7) is 4.84. The average molecular weight is 345 g/mol. The van der Waals surface area contributed by atoms with Crippen LogP contribution in [0.5, 0.6) is 0 Å². The number of hydrogen-bond donors (Lipinski definition) is 3. The lowest BCUT2D eigenvalue weighted by Crippen LogP contribution is -2.37. The number of amides is 2. The molecule has 0 unspecified atom stereocenters. The second-order valence-corrected chi connectivity index (χ2v) is 5.95. The third-order valence-electron chi connectivity index (χ3n) is 3.11. The zero-order valence-corrected chi connectivity index (χ0v) is 14.3. The van der Waals surface area contributed by atoms with E-state index in [1.54, 1.807) is 0 Å². The molecular weight excluding hydrogens is 322 g/mol. The minimum Gasteiger partial charge on any atom is -0.389 e. The summed E-state index contributed by atoms with van der Waals surface area (Å²) in [5, 5.41) is 22.4. The monoisotopic (exact) mass is 345 g/mol. The summed E-state index contributed by atoms with van der Waals surface area (Å²) in [4.78, 5) is 16.1. The molecule has 2 amide bonds. The highest BCUT2D eigenvalue weighted by Gasteiger charge is 2.10. The highest BCUT2D eigenvalue weighted by Crippen LogP contribution is 2.15. The van der Waals surface area contributed by atoms with Gasteiger partial charge in [-0.3, -0.25) is 5.32 Å². The predicted octanol–water partition coefficient (Wildman–Crippen LogP) is 1.69. The average Bonchev–Trinajstić information content (AvgIpc) is 2.61. The second kappa shape index (κ2) is 9.65. The number of nitrogens with zero attached hydrogens (tertiary/aromatic N) is 3. The van der Waals surface area contributed by atoms with E-state index in [1.165, 1.54) is 6.20 Å². The third-order valence-corrected chi connectivity index (χ3v) is 3.11. The van der Waals surface area contributed by atoms with E-state index in [0.717, 1.165) is 5.56 Å². The molecule has 1 atom stereocenters. The highest BCUT2D eigenvalue weighted by atomic mass is 16.5.